The highest BCUT2D eigenvalue weighted by Gasteiger charge is 2.30. The molecule has 0 aromatic heterocycles. The van der Waals surface area contributed by atoms with Crippen LogP contribution in [0.5, 0.6) is 0 Å². The van der Waals surface area contributed by atoms with Crippen LogP contribution < -0.4 is 0 Å². The minimum absolute atomic E-state index is 0.365. The topological polar surface area (TPSA) is 20.2 Å². The van der Waals surface area contributed by atoms with Gasteiger partial charge >= 0.3 is 6.18 Å². The van der Waals surface area contributed by atoms with E-state index >= 15 is 0 Å². The Balaban J connectivity index is 2.31. The fraction of sp³-hybridized carbons (Fsp3) is 0.200. The summed E-state index contributed by atoms with van der Waals surface area (Å²) in [6.07, 6.45) is -5.43. The molecule has 0 radical (unpaired) electrons. The maximum atomic E-state index is 12.5. The van der Waals surface area contributed by atoms with E-state index in [1.54, 1.807) is 18.2 Å². The Morgan fingerprint density at radius 2 is 1.65 bits per heavy atom. The summed E-state index contributed by atoms with van der Waals surface area (Å²) in [6.45, 7) is 1.86. The van der Waals surface area contributed by atoms with Gasteiger partial charge in [0.1, 0.15) is 6.10 Å². The highest BCUT2D eigenvalue weighted by Crippen LogP contribution is 2.32. The smallest absolute Gasteiger partial charge is 0.384 e. The minimum atomic E-state index is -4.38. The molecule has 0 aliphatic carbocycles. The van der Waals surface area contributed by atoms with Crippen LogP contribution in [0.2, 0.25) is 5.02 Å². The minimum Gasteiger partial charge on any atom is -0.384 e. The van der Waals surface area contributed by atoms with Crippen molar-refractivity contribution in [3.8, 4) is 0 Å². The summed E-state index contributed by atoms with van der Waals surface area (Å²) in [4.78, 5) is 0. The fourth-order valence-electron chi connectivity index (χ4n) is 1.89. The van der Waals surface area contributed by atoms with Gasteiger partial charge in [0.2, 0.25) is 0 Å². The molecule has 2 rings (SSSR count). The first-order valence-electron chi connectivity index (χ1n) is 5.90. The van der Waals surface area contributed by atoms with E-state index < -0.39 is 17.8 Å². The highest BCUT2D eigenvalue weighted by molar-refractivity contribution is 6.31. The molecule has 0 aliphatic heterocycles. The van der Waals surface area contributed by atoms with Gasteiger partial charge in [-0.05, 0) is 36.2 Å². The normalized spacial score (nSPS) is 13.3. The Morgan fingerprint density at radius 1 is 1.05 bits per heavy atom. The summed E-state index contributed by atoms with van der Waals surface area (Å²) < 4.78 is 37.4. The lowest BCUT2D eigenvalue weighted by molar-refractivity contribution is -0.137. The largest absolute Gasteiger partial charge is 0.416 e. The summed E-state index contributed by atoms with van der Waals surface area (Å²) in [5, 5.41) is 10.6. The molecule has 1 nitrogen and oxygen atoms in total. The fourth-order valence-corrected chi connectivity index (χ4v) is 2.23. The van der Waals surface area contributed by atoms with Crippen molar-refractivity contribution in [2.45, 2.75) is 19.2 Å². The number of hydrogen-bond acceptors (Lipinski definition) is 1. The Bertz CT molecular complexity index is 606. The van der Waals surface area contributed by atoms with Crippen LogP contribution in [0.15, 0.2) is 42.5 Å². The maximum Gasteiger partial charge on any atom is 0.416 e. The van der Waals surface area contributed by atoms with E-state index in [9.17, 15) is 18.3 Å². The third-order valence-corrected chi connectivity index (χ3v) is 3.33. The van der Waals surface area contributed by atoms with Crippen LogP contribution in [0.3, 0.4) is 0 Å². The highest BCUT2D eigenvalue weighted by atomic mass is 35.5. The summed E-state index contributed by atoms with van der Waals surface area (Å²) in [5.41, 5.74) is 1.03. The van der Waals surface area contributed by atoms with Gasteiger partial charge in [0.15, 0.2) is 0 Å². The molecule has 0 aliphatic rings. The van der Waals surface area contributed by atoms with Gasteiger partial charge in [-0.2, -0.15) is 13.2 Å². The Morgan fingerprint density at radius 3 is 2.15 bits per heavy atom. The number of benzene rings is 2. The third-order valence-electron chi connectivity index (χ3n) is 3.00. The second-order valence-corrected chi connectivity index (χ2v) is 4.95. The predicted octanol–water partition coefficient (Wildman–Crippen LogP) is 4.75. The predicted molar refractivity (Wildman–Crippen MR) is 71.7 cm³/mol. The van der Waals surface area contributed by atoms with Crippen molar-refractivity contribution in [3.05, 3.63) is 69.7 Å². The number of aliphatic hydroxyl groups is 1. The number of aryl methyl sites for hydroxylation is 1. The number of aliphatic hydroxyl groups excluding tert-OH is 1. The van der Waals surface area contributed by atoms with Gasteiger partial charge in [-0.3, -0.25) is 0 Å². The molecule has 0 saturated heterocycles. The van der Waals surface area contributed by atoms with Crippen molar-refractivity contribution >= 4 is 11.6 Å². The number of halogens is 4. The van der Waals surface area contributed by atoms with Crippen LogP contribution in [-0.4, -0.2) is 5.11 Å². The molecule has 1 N–H and O–H groups in total. The molecule has 0 saturated carbocycles. The quantitative estimate of drug-likeness (QED) is 0.848. The Hall–Kier alpha value is -1.52. The zero-order valence-electron chi connectivity index (χ0n) is 10.6. The first-order chi connectivity index (χ1) is 9.29. The van der Waals surface area contributed by atoms with Crippen LogP contribution in [0, 0.1) is 6.92 Å². The zero-order chi connectivity index (χ0) is 14.9. The van der Waals surface area contributed by atoms with E-state index in [0.29, 0.717) is 16.1 Å². The van der Waals surface area contributed by atoms with Crippen LogP contribution in [0.25, 0.3) is 0 Å². The van der Waals surface area contributed by atoms with Crippen molar-refractivity contribution in [2.75, 3.05) is 0 Å². The summed E-state index contributed by atoms with van der Waals surface area (Å²) in [6, 6.07) is 9.55. The standard InChI is InChI=1S/C15H12ClF3O/c1-9-2-7-12(13(16)8-9)14(20)10-3-5-11(6-4-10)15(17,18)19/h2-8,14,20H,1H3. The second kappa shape index (κ2) is 5.46. The summed E-state index contributed by atoms with van der Waals surface area (Å²) >= 11 is 6.04. The Kier molecular flexibility index (Phi) is 4.06. The van der Waals surface area contributed by atoms with Crippen molar-refractivity contribution in [1.29, 1.82) is 0 Å². The third kappa shape index (κ3) is 3.14. The van der Waals surface area contributed by atoms with E-state index in [0.717, 1.165) is 17.7 Å². The van der Waals surface area contributed by atoms with Crippen molar-refractivity contribution < 1.29 is 18.3 Å². The molecule has 20 heavy (non-hydrogen) atoms. The van der Waals surface area contributed by atoms with Crippen LogP contribution in [0.1, 0.15) is 28.4 Å². The van der Waals surface area contributed by atoms with Crippen LogP contribution >= 0.6 is 11.6 Å². The molecule has 2 aromatic carbocycles. The lowest BCUT2D eigenvalue weighted by Crippen LogP contribution is -2.06. The van der Waals surface area contributed by atoms with Gasteiger partial charge < -0.3 is 5.11 Å². The van der Waals surface area contributed by atoms with Gasteiger partial charge in [0.25, 0.3) is 0 Å². The average molecular weight is 301 g/mol. The average Bonchev–Trinajstić information content (AvgIpc) is 2.37. The summed E-state index contributed by atoms with van der Waals surface area (Å²) in [7, 11) is 0. The molecule has 0 spiro atoms. The van der Waals surface area contributed by atoms with E-state index in [1.807, 2.05) is 6.92 Å². The molecule has 5 heteroatoms. The molecular formula is C15H12ClF3O. The first-order valence-corrected chi connectivity index (χ1v) is 6.28. The number of alkyl halides is 3. The molecule has 106 valence electrons. The van der Waals surface area contributed by atoms with Gasteiger partial charge in [-0.1, -0.05) is 35.9 Å². The zero-order valence-corrected chi connectivity index (χ0v) is 11.3. The van der Waals surface area contributed by atoms with Gasteiger partial charge in [0.05, 0.1) is 5.56 Å². The lowest BCUT2D eigenvalue weighted by atomic mass is 9.99. The monoisotopic (exact) mass is 300 g/mol. The number of hydrogen-bond donors (Lipinski definition) is 1. The number of rotatable bonds is 2. The Labute approximate surface area is 119 Å². The molecule has 0 heterocycles. The van der Waals surface area contributed by atoms with E-state index in [2.05, 4.69) is 0 Å². The molecule has 1 atom stereocenters. The lowest BCUT2D eigenvalue weighted by Gasteiger charge is -2.15. The van der Waals surface area contributed by atoms with Gasteiger partial charge in [-0.25, -0.2) is 0 Å². The van der Waals surface area contributed by atoms with Crippen molar-refractivity contribution in [3.63, 3.8) is 0 Å². The second-order valence-electron chi connectivity index (χ2n) is 4.55. The SMILES string of the molecule is Cc1ccc(C(O)c2ccc(C(F)(F)F)cc2)c(Cl)c1. The molecule has 0 fully saturated rings. The van der Waals surface area contributed by atoms with Gasteiger partial charge in [0, 0.05) is 10.6 Å². The summed E-state index contributed by atoms with van der Waals surface area (Å²) in [5.74, 6) is 0. The van der Waals surface area contributed by atoms with Crippen LogP contribution in [0.4, 0.5) is 13.2 Å². The molecular weight excluding hydrogens is 289 g/mol. The van der Waals surface area contributed by atoms with Crippen molar-refractivity contribution in [2.24, 2.45) is 0 Å². The van der Waals surface area contributed by atoms with Gasteiger partial charge in [-0.15, -0.1) is 0 Å². The molecule has 1 unspecified atom stereocenters. The first kappa shape index (κ1) is 14.9. The molecule has 2 aromatic rings. The van der Waals surface area contributed by atoms with Crippen LogP contribution in [-0.2, 0) is 6.18 Å². The van der Waals surface area contributed by atoms with Crippen molar-refractivity contribution in [1.82, 2.24) is 0 Å². The van der Waals surface area contributed by atoms with E-state index in [-0.39, 0.29) is 0 Å². The van der Waals surface area contributed by atoms with E-state index in [1.165, 1.54) is 12.1 Å². The maximum absolute atomic E-state index is 12.5. The molecule has 0 bridgehead atoms. The van der Waals surface area contributed by atoms with E-state index in [4.69, 9.17) is 11.6 Å². The molecule has 0 amide bonds.